The lowest BCUT2D eigenvalue weighted by atomic mass is 10.0. The molecule has 0 unspecified atom stereocenters. The Bertz CT molecular complexity index is 167. The predicted molar refractivity (Wildman–Crippen MR) is 104 cm³/mol. The lowest BCUT2D eigenvalue weighted by Gasteiger charge is -2.08. The minimum absolute atomic E-state index is 0.373. The van der Waals surface area contributed by atoms with Crippen molar-refractivity contribution in [2.45, 2.75) is 116 Å². The summed E-state index contributed by atoms with van der Waals surface area (Å²) < 4.78 is 0. The second kappa shape index (κ2) is 21.9. The van der Waals surface area contributed by atoms with E-state index < -0.39 is 0 Å². The fourth-order valence-electron chi connectivity index (χ4n) is 3.11. The van der Waals surface area contributed by atoms with E-state index in [4.69, 9.17) is 5.11 Å². The van der Waals surface area contributed by atoms with Gasteiger partial charge in [-0.05, 0) is 32.4 Å². The molecule has 0 aromatic rings. The zero-order valence-electron chi connectivity index (χ0n) is 16.1. The molecule has 0 atom stereocenters. The molecule has 2 nitrogen and oxygen atoms in total. The Labute approximate surface area is 146 Å². The molecule has 0 spiro atoms. The largest absolute Gasteiger partial charge is 0.396 e. The number of unbranched alkanes of at least 4 members (excludes halogenated alkanes) is 13. The van der Waals surface area contributed by atoms with E-state index >= 15 is 0 Å². The molecular weight excluding hydrogens is 282 g/mol. The van der Waals surface area contributed by atoms with E-state index in [1.54, 1.807) is 0 Å². The third-order valence-electron chi connectivity index (χ3n) is 4.72. The van der Waals surface area contributed by atoms with Crippen LogP contribution in [0, 0.1) is 0 Å². The number of hydrogen-bond donors (Lipinski definition) is 2. The molecule has 23 heavy (non-hydrogen) atoms. The zero-order valence-corrected chi connectivity index (χ0v) is 16.1. The van der Waals surface area contributed by atoms with Gasteiger partial charge in [0.1, 0.15) is 0 Å². The summed E-state index contributed by atoms with van der Waals surface area (Å²) in [5, 5.41) is 11.9. The second-order valence-corrected chi connectivity index (χ2v) is 7.13. The van der Waals surface area contributed by atoms with Crippen LogP contribution >= 0.6 is 0 Å². The molecule has 1 heterocycles. The number of nitrogens with one attached hydrogen (secondary N) is 1. The van der Waals surface area contributed by atoms with Gasteiger partial charge in [-0.2, -0.15) is 0 Å². The van der Waals surface area contributed by atoms with Crippen molar-refractivity contribution in [3.8, 4) is 0 Å². The van der Waals surface area contributed by atoms with Gasteiger partial charge < -0.3 is 10.4 Å². The van der Waals surface area contributed by atoms with Crippen LogP contribution in [0.15, 0.2) is 0 Å². The van der Waals surface area contributed by atoms with E-state index in [1.807, 2.05) is 0 Å². The number of aliphatic hydroxyl groups is 1. The molecule has 0 aromatic carbocycles. The maximum Gasteiger partial charge on any atom is 0.0431 e. The summed E-state index contributed by atoms with van der Waals surface area (Å²) in [6.45, 7) is 5.15. The van der Waals surface area contributed by atoms with Gasteiger partial charge in [0.2, 0.25) is 0 Å². The van der Waals surface area contributed by atoms with E-state index in [0.29, 0.717) is 6.61 Å². The van der Waals surface area contributed by atoms with E-state index in [-0.39, 0.29) is 0 Å². The summed E-state index contributed by atoms with van der Waals surface area (Å²) in [4.78, 5) is 0. The first-order chi connectivity index (χ1) is 11.4. The second-order valence-electron chi connectivity index (χ2n) is 7.13. The van der Waals surface area contributed by atoms with E-state index in [9.17, 15) is 0 Å². The number of piperidine rings is 1. The van der Waals surface area contributed by atoms with Crippen LogP contribution in [0.25, 0.3) is 0 Å². The summed E-state index contributed by atoms with van der Waals surface area (Å²) in [5.41, 5.74) is 0. The van der Waals surface area contributed by atoms with Crippen LogP contribution in [0.3, 0.4) is 0 Å². The van der Waals surface area contributed by atoms with Gasteiger partial charge in [-0.3, -0.25) is 0 Å². The summed E-state index contributed by atoms with van der Waals surface area (Å²) >= 11 is 0. The molecule has 0 saturated carbocycles. The Balaban J connectivity index is 0.000000664. The Morgan fingerprint density at radius 3 is 1.22 bits per heavy atom. The summed E-state index contributed by atoms with van der Waals surface area (Å²) in [6, 6.07) is 0. The first-order valence-electron chi connectivity index (χ1n) is 10.7. The third kappa shape index (κ3) is 21.9. The number of aliphatic hydroxyl groups excluding tert-OH is 1. The molecule has 140 valence electrons. The average Bonchev–Trinajstić information content (AvgIpc) is 2.61. The van der Waals surface area contributed by atoms with Crippen molar-refractivity contribution in [2.24, 2.45) is 0 Å². The molecule has 0 bridgehead atoms. The first-order valence-corrected chi connectivity index (χ1v) is 10.7. The Hall–Kier alpha value is -0.0800. The third-order valence-corrected chi connectivity index (χ3v) is 4.72. The van der Waals surface area contributed by atoms with Crippen molar-refractivity contribution in [1.82, 2.24) is 5.32 Å². The Kier molecular flexibility index (Phi) is 21.8. The fourth-order valence-corrected chi connectivity index (χ4v) is 3.11. The molecule has 0 aliphatic carbocycles. The minimum atomic E-state index is 0.373. The van der Waals surface area contributed by atoms with Crippen molar-refractivity contribution in [1.29, 1.82) is 0 Å². The topological polar surface area (TPSA) is 32.3 Å². The quantitative estimate of drug-likeness (QED) is 0.371. The van der Waals surface area contributed by atoms with Crippen LogP contribution in [0.1, 0.15) is 116 Å². The van der Waals surface area contributed by atoms with Gasteiger partial charge in [0.05, 0.1) is 0 Å². The van der Waals surface area contributed by atoms with Crippen LogP contribution in [-0.2, 0) is 0 Å². The molecule has 1 aliphatic rings. The van der Waals surface area contributed by atoms with Crippen LogP contribution in [0.5, 0.6) is 0 Å². The highest BCUT2D eigenvalue weighted by Gasteiger charge is 1.94. The molecule has 2 N–H and O–H groups in total. The highest BCUT2D eigenvalue weighted by atomic mass is 16.2. The van der Waals surface area contributed by atoms with Crippen molar-refractivity contribution < 1.29 is 5.11 Å². The van der Waals surface area contributed by atoms with Crippen molar-refractivity contribution in [3.63, 3.8) is 0 Å². The van der Waals surface area contributed by atoms with Gasteiger partial charge in [0.15, 0.2) is 0 Å². The lowest BCUT2D eigenvalue weighted by molar-refractivity contribution is 0.282. The lowest BCUT2D eigenvalue weighted by Crippen LogP contribution is -2.21. The summed E-state index contributed by atoms with van der Waals surface area (Å²) in [6.07, 6.45) is 23.4. The fraction of sp³-hybridized carbons (Fsp3) is 1.00. The van der Waals surface area contributed by atoms with Crippen molar-refractivity contribution in [2.75, 3.05) is 19.7 Å². The average molecular weight is 328 g/mol. The molecule has 0 aromatic heterocycles. The van der Waals surface area contributed by atoms with Gasteiger partial charge in [-0.15, -0.1) is 0 Å². The molecule has 1 rings (SSSR count). The van der Waals surface area contributed by atoms with Gasteiger partial charge in [0.25, 0.3) is 0 Å². The zero-order chi connectivity index (χ0) is 16.8. The van der Waals surface area contributed by atoms with Crippen LogP contribution in [-0.4, -0.2) is 24.8 Å². The SMILES string of the molecule is C1CCNCC1.CCCCCCCCCCCCCCCCO. The highest BCUT2D eigenvalue weighted by Crippen LogP contribution is 2.12. The molecule has 1 fully saturated rings. The maximum absolute atomic E-state index is 8.64. The minimum Gasteiger partial charge on any atom is -0.396 e. The van der Waals surface area contributed by atoms with Gasteiger partial charge in [0, 0.05) is 6.61 Å². The monoisotopic (exact) mass is 327 g/mol. The van der Waals surface area contributed by atoms with E-state index in [1.165, 1.54) is 116 Å². The molecule has 0 radical (unpaired) electrons. The molecule has 1 aliphatic heterocycles. The molecular formula is C21H45NO. The molecule has 2 heteroatoms. The molecule has 0 amide bonds. The summed E-state index contributed by atoms with van der Waals surface area (Å²) in [5.74, 6) is 0. The molecule has 1 saturated heterocycles. The smallest absolute Gasteiger partial charge is 0.0431 e. The van der Waals surface area contributed by atoms with Crippen LogP contribution in [0.4, 0.5) is 0 Å². The van der Waals surface area contributed by atoms with Crippen molar-refractivity contribution >= 4 is 0 Å². The standard InChI is InChI=1S/C16H34O.C5H11N/c1-2-3-4-5-6-7-8-9-10-11-12-13-14-15-16-17;1-2-4-6-5-3-1/h17H,2-16H2,1H3;6H,1-5H2. The maximum atomic E-state index is 8.64. The van der Waals surface area contributed by atoms with Gasteiger partial charge >= 0.3 is 0 Å². The van der Waals surface area contributed by atoms with Gasteiger partial charge in [-0.25, -0.2) is 0 Å². The Morgan fingerprint density at radius 2 is 0.957 bits per heavy atom. The number of rotatable bonds is 14. The van der Waals surface area contributed by atoms with E-state index in [0.717, 1.165) is 6.42 Å². The number of hydrogen-bond acceptors (Lipinski definition) is 2. The van der Waals surface area contributed by atoms with Crippen LogP contribution in [0.2, 0.25) is 0 Å². The summed E-state index contributed by atoms with van der Waals surface area (Å²) in [7, 11) is 0. The highest BCUT2D eigenvalue weighted by molar-refractivity contribution is 4.55. The first kappa shape index (κ1) is 22.9. The van der Waals surface area contributed by atoms with Crippen LogP contribution < -0.4 is 5.32 Å². The van der Waals surface area contributed by atoms with E-state index in [2.05, 4.69) is 12.2 Å². The van der Waals surface area contributed by atoms with Crippen molar-refractivity contribution in [3.05, 3.63) is 0 Å². The Morgan fingerprint density at radius 1 is 0.565 bits per heavy atom. The van der Waals surface area contributed by atoms with Gasteiger partial charge in [-0.1, -0.05) is 96.8 Å². The predicted octanol–water partition coefficient (Wildman–Crippen LogP) is 6.22. The normalized spacial score (nSPS) is 14.3.